The Bertz CT molecular complexity index is 1530. The highest BCUT2D eigenvalue weighted by Gasteiger charge is 2.27. The number of carbonyl (C=O) groups is 3. The average Bonchev–Trinajstić information content (AvgIpc) is 2.99. The number of carbonyl (C=O) groups excluding carboxylic acids is 2. The molecule has 0 saturated carbocycles. The molecule has 2 atom stereocenters. The number of hydrogen-bond acceptors (Lipinski definition) is 6. The van der Waals surface area contributed by atoms with Gasteiger partial charge in [0.15, 0.2) is 0 Å². The zero-order valence-electron chi connectivity index (χ0n) is 23.4. The molecule has 0 aliphatic rings. The lowest BCUT2D eigenvalue weighted by atomic mass is 10.0. The van der Waals surface area contributed by atoms with Gasteiger partial charge in [-0.1, -0.05) is 72.8 Å². The van der Waals surface area contributed by atoms with Crippen molar-refractivity contribution in [3.05, 3.63) is 108 Å². The van der Waals surface area contributed by atoms with Crippen molar-refractivity contribution < 1.29 is 29.0 Å². The van der Waals surface area contributed by atoms with Crippen molar-refractivity contribution >= 4 is 28.6 Å². The van der Waals surface area contributed by atoms with Crippen LogP contribution in [-0.4, -0.2) is 55.2 Å². The van der Waals surface area contributed by atoms with E-state index >= 15 is 0 Å². The molecule has 0 aromatic heterocycles. The monoisotopic (exact) mass is 569 g/mol. The number of amides is 2. The van der Waals surface area contributed by atoms with Crippen molar-refractivity contribution in [2.24, 2.45) is 5.73 Å². The lowest BCUT2D eigenvalue weighted by molar-refractivity contribution is -0.139. The second kappa shape index (κ2) is 14.7. The van der Waals surface area contributed by atoms with E-state index < -0.39 is 30.2 Å². The first kappa shape index (κ1) is 30.1. The summed E-state index contributed by atoms with van der Waals surface area (Å²) in [5.74, 6) is -1.44. The van der Waals surface area contributed by atoms with Gasteiger partial charge < -0.3 is 30.9 Å². The maximum absolute atomic E-state index is 13.7. The van der Waals surface area contributed by atoms with E-state index in [0.717, 1.165) is 16.5 Å². The summed E-state index contributed by atoms with van der Waals surface area (Å²) in [6, 6.07) is 26.4. The molecule has 0 heterocycles. The first-order valence-electron chi connectivity index (χ1n) is 13.7. The van der Waals surface area contributed by atoms with Crippen molar-refractivity contribution in [2.75, 3.05) is 20.3 Å². The lowest BCUT2D eigenvalue weighted by Gasteiger charge is -2.20. The highest BCUT2D eigenvalue weighted by Crippen LogP contribution is 2.28. The number of methoxy groups -OCH3 is 1. The molecular formula is C33H35N3O6. The number of carboxylic acids is 1. The smallest absolute Gasteiger partial charge is 0.305 e. The molecule has 4 aromatic rings. The molecule has 2 unspecified atom stereocenters. The molecular weight excluding hydrogens is 534 g/mol. The van der Waals surface area contributed by atoms with Crippen LogP contribution in [0.15, 0.2) is 91.0 Å². The molecule has 0 radical (unpaired) electrons. The topological polar surface area (TPSA) is 140 Å². The largest absolute Gasteiger partial charge is 0.497 e. The van der Waals surface area contributed by atoms with Crippen molar-refractivity contribution in [2.45, 2.75) is 31.3 Å². The summed E-state index contributed by atoms with van der Waals surface area (Å²) in [7, 11) is 1.57. The third-order valence-corrected chi connectivity index (χ3v) is 6.76. The number of benzene rings is 4. The summed E-state index contributed by atoms with van der Waals surface area (Å²) in [5, 5.41) is 16.3. The highest BCUT2D eigenvalue weighted by molar-refractivity contribution is 6.10. The van der Waals surface area contributed by atoms with Gasteiger partial charge in [-0.15, -0.1) is 0 Å². The molecule has 0 aliphatic carbocycles. The number of aliphatic carboxylic acids is 1. The minimum Gasteiger partial charge on any atom is -0.497 e. The number of rotatable bonds is 14. The summed E-state index contributed by atoms with van der Waals surface area (Å²) in [5.41, 5.74) is 8.54. The van der Waals surface area contributed by atoms with Gasteiger partial charge >= 0.3 is 5.97 Å². The fourth-order valence-corrected chi connectivity index (χ4v) is 4.67. The first-order chi connectivity index (χ1) is 20.3. The Morgan fingerprint density at radius 3 is 2.40 bits per heavy atom. The van der Waals surface area contributed by atoms with E-state index in [0.29, 0.717) is 29.7 Å². The molecule has 42 heavy (non-hydrogen) atoms. The van der Waals surface area contributed by atoms with Gasteiger partial charge in [-0.3, -0.25) is 14.4 Å². The van der Waals surface area contributed by atoms with Gasteiger partial charge in [-0.05, 0) is 52.9 Å². The van der Waals surface area contributed by atoms with Gasteiger partial charge in [-0.2, -0.15) is 0 Å². The Hall–Kier alpha value is -4.89. The lowest BCUT2D eigenvalue weighted by Crippen LogP contribution is -2.48. The van der Waals surface area contributed by atoms with Gasteiger partial charge in [-0.25, -0.2) is 0 Å². The van der Waals surface area contributed by atoms with Crippen LogP contribution in [0, 0.1) is 0 Å². The van der Waals surface area contributed by atoms with Crippen LogP contribution < -0.4 is 25.8 Å². The second-order valence-corrected chi connectivity index (χ2v) is 9.94. The minimum atomic E-state index is -1.30. The molecule has 0 spiro atoms. The van der Waals surface area contributed by atoms with Crippen LogP contribution in [0.2, 0.25) is 0 Å². The SMILES string of the molecule is COc1cccc(CCNC(=O)C(CC(=O)O)NC(=O)c2c(OCC(N)Cc3ccccc3)ccc3ccccc23)c1. The molecule has 9 heteroatoms. The van der Waals surface area contributed by atoms with Crippen LogP contribution >= 0.6 is 0 Å². The Labute approximate surface area is 244 Å². The number of ether oxygens (including phenoxy) is 2. The average molecular weight is 570 g/mol. The molecule has 0 fully saturated rings. The summed E-state index contributed by atoms with van der Waals surface area (Å²) in [6.07, 6.45) is 0.507. The molecule has 9 nitrogen and oxygen atoms in total. The highest BCUT2D eigenvalue weighted by atomic mass is 16.5. The van der Waals surface area contributed by atoms with Gasteiger partial charge in [0.05, 0.1) is 19.1 Å². The first-order valence-corrected chi connectivity index (χ1v) is 13.7. The minimum absolute atomic E-state index is 0.150. The molecule has 4 aromatic carbocycles. The van der Waals surface area contributed by atoms with Gasteiger partial charge in [0.1, 0.15) is 24.1 Å². The number of hydrogen-bond donors (Lipinski definition) is 4. The van der Waals surface area contributed by atoms with E-state index in [1.165, 1.54) is 0 Å². The van der Waals surface area contributed by atoms with Crippen LogP contribution in [0.4, 0.5) is 0 Å². The standard InChI is InChI=1S/C33H35N3O6/c1-41-26-12-7-10-23(19-26)16-17-35-32(39)28(20-30(37)38)36-33(40)31-27-13-6-5-11-24(27)14-15-29(31)42-21-25(34)18-22-8-3-2-4-9-22/h2-15,19,25,28H,16-18,20-21,34H2,1H3,(H,35,39)(H,36,40)(H,37,38). The van der Waals surface area contributed by atoms with Crippen LogP contribution in [0.25, 0.3) is 10.8 Å². The fourth-order valence-electron chi connectivity index (χ4n) is 4.67. The number of fused-ring (bicyclic) bond motifs is 1. The van der Waals surface area contributed by atoms with Crippen molar-refractivity contribution in [1.29, 1.82) is 0 Å². The maximum atomic E-state index is 13.7. The van der Waals surface area contributed by atoms with Crippen molar-refractivity contribution in [3.63, 3.8) is 0 Å². The van der Waals surface area contributed by atoms with Gasteiger partial charge in [0.25, 0.3) is 5.91 Å². The Kier molecular flexibility index (Phi) is 10.5. The van der Waals surface area contributed by atoms with Crippen LogP contribution in [-0.2, 0) is 22.4 Å². The van der Waals surface area contributed by atoms with Gasteiger partial charge in [0.2, 0.25) is 5.91 Å². The van der Waals surface area contributed by atoms with Crippen LogP contribution in [0.3, 0.4) is 0 Å². The normalized spacial score (nSPS) is 12.2. The van der Waals surface area contributed by atoms with Crippen LogP contribution in [0.1, 0.15) is 27.9 Å². The fraction of sp³-hybridized carbons (Fsp3) is 0.242. The van der Waals surface area contributed by atoms with Crippen molar-refractivity contribution in [3.8, 4) is 11.5 Å². The molecule has 0 aliphatic heterocycles. The summed E-state index contributed by atoms with van der Waals surface area (Å²) in [4.78, 5) is 38.3. The van der Waals surface area contributed by atoms with E-state index in [2.05, 4.69) is 10.6 Å². The Morgan fingerprint density at radius 2 is 1.64 bits per heavy atom. The van der Waals surface area contributed by atoms with Gasteiger partial charge in [0, 0.05) is 12.6 Å². The maximum Gasteiger partial charge on any atom is 0.305 e. The zero-order valence-corrected chi connectivity index (χ0v) is 23.4. The van der Waals surface area contributed by atoms with E-state index in [-0.39, 0.29) is 24.8 Å². The van der Waals surface area contributed by atoms with Crippen LogP contribution in [0.5, 0.6) is 11.5 Å². The molecule has 4 rings (SSSR count). The van der Waals surface area contributed by atoms with E-state index in [1.807, 2.05) is 72.8 Å². The molecule has 5 N–H and O–H groups in total. The van der Waals surface area contributed by atoms with Crippen molar-refractivity contribution in [1.82, 2.24) is 10.6 Å². The molecule has 218 valence electrons. The second-order valence-electron chi connectivity index (χ2n) is 9.94. The molecule has 0 bridgehead atoms. The predicted octanol–water partition coefficient (Wildman–Crippen LogP) is 3.73. The predicted molar refractivity (Wildman–Crippen MR) is 161 cm³/mol. The summed E-state index contributed by atoms with van der Waals surface area (Å²) >= 11 is 0. The number of carboxylic acid groups (broad SMARTS) is 1. The van der Waals surface area contributed by atoms with E-state index in [1.54, 1.807) is 25.3 Å². The third-order valence-electron chi connectivity index (χ3n) is 6.76. The third kappa shape index (κ3) is 8.31. The zero-order chi connectivity index (χ0) is 29.9. The Balaban J connectivity index is 1.48. The summed E-state index contributed by atoms with van der Waals surface area (Å²) in [6.45, 7) is 0.400. The molecule has 2 amide bonds. The number of nitrogens with one attached hydrogen (secondary N) is 2. The quantitative estimate of drug-likeness (QED) is 0.181. The number of nitrogens with two attached hydrogens (primary N) is 1. The summed E-state index contributed by atoms with van der Waals surface area (Å²) < 4.78 is 11.3. The Morgan fingerprint density at radius 1 is 0.905 bits per heavy atom. The molecule has 0 saturated heterocycles. The van der Waals surface area contributed by atoms with E-state index in [9.17, 15) is 19.5 Å². The van der Waals surface area contributed by atoms with E-state index in [4.69, 9.17) is 15.2 Å².